The summed E-state index contributed by atoms with van der Waals surface area (Å²) in [5.74, 6) is 0. The van der Waals surface area contributed by atoms with Crippen LogP contribution in [0.2, 0.25) is 0 Å². The Morgan fingerprint density at radius 3 is 2.28 bits per heavy atom. The number of halogens is 6. The van der Waals surface area contributed by atoms with Crippen molar-refractivity contribution < 1.29 is 34.8 Å². The summed E-state index contributed by atoms with van der Waals surface area (Å²) in [6.07, 6.45) is -8.77. The second-order valence-electron chi connectivity index (χ2n) is 5.76. The SMILES string of the molecule is CCN([C@@H](c1ccccc1C(F)(F)F)C(F)(F)F)S(=O)(=O)c1cncc(C#N)c1. The third-order valence-electron chi connectivity index (χ3n) is 3.92. The highest BCUT2D eigenvalue weighted by molar-refractivity contribution is 7.89. The molecule has 2 rings (SSSR count). The molecule has 156 valence electrons. The van der Waals surface area contributed by atoms with Crippen molar-refractivity contribution in [2.45, 2.75) is 30.2 Å². The summed E-state index contributed by atoms with van der Waals surface area (Å²) in [5, 5.41) is 8.86. The molecule has 0 unspecified atom stereocenters. The summed E-state index contributed by atoms with van der Waals surface area (Å²) in [7, 11) is -4.94. The Bertz CT molecular complexity index is 1030. The first kappa shape index (κ1) is 22.6. The van der Waals surface area contributed by atoms with Crippen LogP contribution in [-0.4, -0.2) is 30.4 Å². The zero-order valence-electron chi connectivity index (χ0n) is 14.7. The molecule has 0 saturated heterocycles. The van der Waals surface area contributed by atoms with Gasteiger partial charge < -0.3 is 0 Å². The number of rotatable bonds is 5. The highest BCUT2D eigenvalue weighted by Gasteiger charge is 2.51. The minimum Gasteiger partial charge on any atom is -0.262 e. The zero-order valence-corrected chi connectivity index (χ0v) is 15.5. The molecule has 1 aromatic heterocycles. The maximum atomic E-state index is 13.9. The fourth-order valence-electron chi connectivity index (χ4n) is 2.74. The molecular formula is C17H13F6N3O2S. The number of hydrogen-bond donors (Lipinski definition) is 0. The Kier molecular flexibility index (Phi) is 6.24. The average Bonchev–Trinajstić information content (AvgIpc) is 2.64. The van der Waals surface area contributed by atoms with Gasteiger partial charge in [-0.05, 0) is 17.7 Å². The highest BCUT2D eigenvalue weighted by Crippen LogP contribution is 2.45. The van der Waals surface area contributed by atoms with Crippen molar-refractivity contribution >= 4 is 10.0 Å². The quantitative estimate of drug-likeness (QED) is 0.655. The number of sulfonamides is 1. The first-order valence-corrected chi connectivity index (χ1v) is 9.37. The highest BCUT2D eigenvalue weighted by atomic mass is 32.2. The molecule has 2 aromatic rings. The molecule has 0 spiro atoms. The van der Waals surface area contributed by atoms with Gasteiger partial charge in [0.15, 0.2) is 0 Å². The third-order valence-corrected chi connectivity index (χ3v) is 5.82. The normalized spacial score (nSPS) is 13.9. The topological polar surface area (TPSA) is 74.1 Å². The lowest BCUT2D eigenvalue weighted by molar-refractivity contribution is -0.177. The third kappa shape index (κ3) is 4.68. The lowest BCUT2D eigenvalue weighted by Gasteiger charge is -2.33. The second-order valence-corrected chi connectivity index (χ2v) is 7.65. The summed E-state index contributed by atoms with van der Waals surface area (Å²) in [6, 6.07) is 2.21. The van der Waals surface area contributed by atoms with E-state index in [1.165, 1.54) is 0 Å². The molecule has 0 fully saturated rings. The number of nitriles is 1. The van der Waals surface area contributed by atoms with E-state index in [2.05, 4.69) is 4.98 Å². The number of pyridine rings is 1. The fourth-order valence-corrected chi connectivity index (χ4v) is 4.33. The standard InChI is InChI=1S/C17H13F6N3O2S/c1-2-26(29(27,28)12-7-11(8-24)9-25-10-12)15(17(21,22)23)13-5-3-4-6-14(13)16(18,19)20/h3-7,9-10,15H,2H2,1H3/t15-/m0/s1. The van der Waals surface area contributed by atoms with E-state index in [-0.39, 0.29) is 9.87 Å². The van der Waals surface area contributed by atoms with Crippen LogP contribution in [0.1, 0.15) is 29.7 Å². The molecule has 5 nitrogen and oxygen atoms in total. The molecular weight excluding hydrogens is 424 g/mol. The van der Waals surface area contributed by atoms with Crippen LogP contribution in [0, 0.1) is 11.3 Å². The summed E-state index contributed by atoms with van der Waals surface area (Å²) >= 11 is 0. The maximum absolute atomic E-state index is 13.9. The molecule has 29 heavy (non-hydrogen) atoms. The van der Waals surface area contributed by atoms with Crippen molar-refractivity contribution in [1.82, 2.24) is 9.29 Å². The second kappa shape index (κ2) is 8.00. The molecule has 0 N–H and O–H groups in total. The lowest BCUT2D eigenvalue weighted by atomic mass is 9.99. The van der Waals surface area contributed by atoms with Crippen LogP contribution in [0.5, 0.6) is 0 Å². The molecule has 0 amide bonds. The number of alkyl halides is 6. The molecule has 0 aliphatic heterocycles. The summed E-state index contributed by atoms with van der Waals surface area (Å²) < 4.78 is 107. The van der Waals surface area contributed by atoms with E-state index in [0.29, 0.717) is 12.1 Å². The van der Waals surface area contributed by atoms with Gasteiger partial charge in [0.25, 0.3) is 0 Å². The molecule has 1 heterocycles. The van der Waals surface area contributed by atoms with Crippen molar-refractivity contribution in [3.8, 4) is 6.07 Å². The van der Waals surface area contributed by atoms with E-state index in [9.17, 15) is 34.8 Å². The molecule has 0 aliphatic carbocycles. The average molecular weight is 437 g/mol. The van der Waals surface area contributed by atoms with Gasteiger partial charge in [-0.2, -0.15) is 35.9 Å². The van der Waals surface area contributed by atoms with Crippen molar-refractivity contribution in [3.63, 3.8) is 0 Å². The van der Waals surface area contributed by atoms with Crippen LogP contribution in [0.4, 0.5) is 26.3 Å². The van der Waals surface area contributed by atoms with Gasteiger partial charge in [-0.15, -0.1) is 0 Å². The lowest BCUT2D eigenvalue weighted by Crippen LogP contribution is -2.43. The van der Waals surface area contributed by atoms with Crippen LogP contribution >= 0.6 is 0 Å². The zero-order chi connectivity index (χ0) is 22.0. The first-order chi connectivity index (χ1) is 13.3. The van der Waals surface area contributed by atoms with Crippen LogP contribution in [-0.2, 0) is 16.2 Å². The Balaban J connectivity index is 2.74. The minimum atomic E-state index is -5.36. The predicted octanol–water partition coefficient (Wildman–Crippen LogP) is 4.29. The number of benzene rings is 1. The summed E-state index contributed by atoms with van der Waals surface area (Å²) in [4.78, 5) is 2.76. The van der Waals surface area contributed by atoms with Gasteiger partial charge in [-0.3, -0.25) is 4.98 Å². The van der Waals surface area contributed by atoms with E-state index in [4.69, 9.17) is 5.26 Å². The van der Waals surface area contributed by atoms with E-state index in [0.717, 1.165) is 37.5 Å². The number of aromatic nitrogens is 1. The van der Waals surface area contributed by atoms with Crippen molar-refractivity contribution in [1.29, 1.82) is 5.26 Å². The van der Waals surface area contributed by atoms with E-state index in [1.807, 2.05) is 0 Å². The first-order valence-electron chi connectivity index (χ1n) is 7.93. The smallest absolute Gasteiger partial charge is 0.262 e. The molecule has 0 bridgehead atoms. The molecule has 0 radical (unpaired) electrons. The summed E-state index contributed by atoms with van der Waals surface area (Å²) in [6.45, 7) is 0.281. The Labute approximate surface area is 162 Å². The Morgan fingerprint density at radius 2 is 1.76 bits per heavy atom. The van der Waals surface area contributed by atoms with Crippen molar-refractivity contribution in [3.05, 3.63) is 59.4 Å². The Morgan fingerprint density at radius 1 is 1.14 bits per heavy atom. The van der Waals surface area contributed by atoms with Crippen LogP contribution in [0.3, 0.4) is 0 Å². The molecule has 1 aromatic carbocycles. The van der Waals surface area contributed by atoms with Crippen LogP contribution < -0.4 is 0 Å². The molecule has 0 saturated carbocycles. The van der Waals surface area contributed by atoms with Gasteiger partial charge in [-0.25, -0.2) is 8.42 Å². The predicted molar refractivity (Wildman–Crippen MR) is 88.8 cm³/mol. The summed E-state index contributed by atoms with van der Waals surface area (Å²) in [5.41, 5.74) is -3.08. The van der Waals surface area contributed by atoms with E-state index >= 15 is 0 Å². The fraction of sp³-hybridized carbons (Fsp3) is 0.294. The maximum Gasteiger partial charge on any atom is 0.416 e. The number of nitrogens with zero attached hydrogens (tertiary/aromatic N) is 3. The van der Waals surface area contributed by atoms with Gasteiger partial charge in [0.05, 0.1) is 11.1 Å². The largest absolute Gasteiger partial charge is 0.416 e. The van der Waals surface area contributed by atoms with E-state index in [1.54, 1.807) is 6.07 Å². The van der Waals surface area contributed by atoms with Gasteiger partial charge >= 0.3 is 12.4 Å². The Hall–Kier alpha value is -2.65. The number of hydrogen-bond acceptors (Lipinski definition) is 4. The molecule has 1 atom stereocenters. The molecule has 12 heteroatoms. The molecule has 0 aliphatic rings. The van der Waals surface area contributed by atoms with E-state index < -0.39 is 51.0 Å². The minimum absolute atomic E-state index is 0.0876. The van der Waals surface area contributed by atoms with Gasteiger partial charge in [0.1, 0.15) is 17.0 Å². The van der Waals surface area contributed by atoms with Crippen molar-refractivity contribution in [2.75, 3.05) is 6.54 Å². The van der Waals surface area contributed by atoms with Gasteiger partial charge in [0, 0.05) is 18.9 Å². The van der Waals surface area contributed by atoms with Gasteiger partial charge in [-0.1, -0.05) is 25.1 Å². The van der Waals surface area contributed by atoms with Crippen LogP contribution in [0.25, 0.3) is 0 Å². The monoisotopic (exact) mass is 437 g/mol. The van der Waals surface area contributed by atoms with Crippen molar-refractivity contribution in [2.24, 2.45) is 0 Å². The van der Waals surface area contributed by atoms with Crippen LogP contribution in [0.15, 0.2) is 47.6 Å². The van der Waals surface area contributed by atoms with Gasteiger partial charge in [0.2, 0.25) is 10.0 Å².